The van der Waals surface area contributed by atoms with Crippen molar-refractivity contribution in [2.75, 3.05) is 26.2 Å². The highest BCUT2D eigenvalue weighted by Gasteiger charge is 2.17. The van der Waals surface area contributed by atoms with Gasteiger partial charge in [0, 0.05) is 37.0 Å². The topological polar surface area (TPSA) is 59.1 Å². The molecule has 0 N–H and O–H groups in total. The van der Waals surface area contributed by atoms with Crippen molar-refractivity contribution in [2.45, 2.75) is 27.7 Å². The van der Waals surface area contributed by atoms with Crippen molar-refractivity contribution in [1.29, 1.82) is 0 Å². The number of hydrogen-bond donors (Lipinski definition) is 0. The van der Waals surface area contributed by atoms with Gasteiger partial charge in [0.05, 0.1) is 0 Å². The van der Waals surface area contributed by atoms with Crippen LogP contribution in [-0.4, -0.2) is 48.2 Å². The number of amides is 2. The van der Waals surface area contributed by atoms with E-state index in [1.54, 1.807) is 34.1 Å². The van der Waals surface area contributed by atoms with E-state index in [4.69, 9.17) is 9.47 Å². The monoisotopic (exact) mass is 358 g/mol. The fourth-order valence-electron chi connectivity index (χ4n) is 2.71. The van der Waals surface area contributed by atoms with E-state index >= 15 is 0 Å². The first kappa shape index (κ1) is 19.6. The Hall–Kier alpha value is -2.76. The van der Waals surface area contributed by atoms with Crippen LogP contribution < -0.4 is 9.47 Å². The predicted octanol–water partition coefficient (Wildman–Crippen LogP) is 4.52. The zero-order valence-corrected chi connectivity index (χ0v) is 15.8. The summed E-state index contributed by atoms with van der Waals surface area (Å²) in [6.07, 6.45) is -0.791. The van der Waals surface area contributed by atoms with Crippen LogP contribution in [0.2, 0.25) is 0 Å². The fraction of sp³-hybridized carbons (Fsp3) is 0.400. The second-order valence-corrected chi connectivity index (χ2v) is 5.69. The Morgan fingerprint density at radius 3 is 1.35 bits per heavy atom. The molecular weight excluding hydrogens is 332 g/mol. The van der Waals surface area contributed by atoms with Gasteiger partial charge in [-0.05, 0) is 39.8 Å². The van der Waals surface area contributed by atoms with Crippen LogP contribution in [0, 0.1) is 0 Å². The summed E-state index contributed by atoms with van der Waals surface area (Å²) in [6.45, 7) is 9.91. The van der Waals surface area contributed by atoms with Gasteiger partial charge >= 0.3 is 12.2 Å². The molecule has 0 aliphatic rings. The van der Waals surface area contributed by atoms with Gasteiger partial charge in [0.25, 0.3) is 0 Å². The fourth-order valence-corrected chi connectivity index (χ4v) is 2.71. The Bertz CT molecular complexity index is 702. The van der Waals surface area contributed by atoms with E-state index < -0.39 is 12.2 Å². The lowest BCUT2D eigenvalue weighted by Gasteiger charge is -2.20. The van der Waals surface area contributed by atoms with E-state index in [0.717, 1.165) is 10.8 Å². The smallest absolute Gasteiger partial charge is 0.410 e. The third kappa shape index (κ3) is 4.25. The molecule has 2 rings (SSSR count). The largest absolute Gasteiger partial charge is 0.415 e. The molecule has 0 radical (unpaired) electrons. The zero-order valence-electron chi connectivity index (χ0n) is 15.8. The Morgan fingerprint density at radius 2 is 1.04 bits per heavy atom. The van der Waals surface area contributed by atoms with Crippen molar-refractivity contribution in [1.82, 2.24) is 9.80 Å². The van der Waals surface area contributed by atoms with Crippen LogP contribution in [0.4, 0.5) is 9.59 Å². The third-order valence-electron chi connectivity index (χ3n) is 4.28. The Morgan fingerprint density at radius 1 is 0.692 bits per heavy atom. The number of nitrogens with zero attached hydrogens (tertiary/aromatic N) is 2. The Balaban J connectivity index is 2.33. The minimum absolute atomic E-state index is 0.395. The van der Waals surface area contributed by atoms with Gasteiger partial charge in [-0.1, -0.05) is 24.3 Å². The molecule has 0 aliphatic carbocycles. The maximum atomic E-state index is 12.3. The second kappa shape index (κ2) is 9.08. The van der Waals surface area contributed by atoms with E-state index in [-0.39, 0.29) is 0 Å². The van der Waals surface area contributed by atoms with Crippen molar-refractivity contribution in [3.63, 3.8) is 0 Å². The number of fused-ring (bicyclic) bond motifs is 1. The van der Waals surface area contributed by atoms with Crippen LogP contribution in [0.25, 0.3) is 10.8 Å². The Labute approximate surface area is 154 Å². The molecule has 0 bridgehead atoms. The lowest BCUT2D eigenvalue weighted by molar-refractivity contribution is 0.156. The van der Waals surface area contributed by atoms with Gasteiger partial charge in [-0.2, -0.15) is 0 Å². The summed E-state index contributed by atoms with van der Waals surface area (Å²) in [6, 6.07) is 10.7. The van der Waals surface area contributed by atoms with Gasteiger partial charge in [0.2, 0.25) is 0 Å². The van der Waals surface area contributed by atoms with Crippen LogP contribution in [0.15, 0.2) is 36.4 Å². The van der Waals surface area contributed by atoms with Gasteiger partial charge < -0.3 is 19.3 Å². The molecule has 0 fully saturated rings. The Kier molecular flexibility index (Phi) is 6.83. The molecule has 6 heteroatoms. The van der Waals surface area contributed by atoms with E-state index in [1.165, 1.54) is 0 Å². The van der Waals surface area contributed by atoms with E-state index in [1.807, 2.05) is 39.8 Å². The highest BCUT2D eigenvalue weighted by atomic mass is 16.6. The maximum Gasteiger partial charge on any atom is 0.415 e. The molecule has 140 valence electrons. The van der Waals surface area contributed by atoms with Crippen molar-refractivity contribution >= 4 is 23.0 Å². The van der Waals surface area contributed by atoms with Crippen LogP contribution in [-0.2, 0) is 0 Å². The number of benzene rings is 2. The summed E-state index contributed by atoms with van der Waals surface area (Å²) in [7, 11) is 0. The normalized spacial score (nSPS) is 10.5. The molecule has 0 saturated heterocycles. The molecule has 0 aromatic heterocycles. The quantitative estimate of drug-likeness (QED) is 0.762. The molecule has 0 atom stereocenters. The van der Waals surface area contributed by atoms with Gasteiger partial charge in [-0.15, -0.1) is 0 Å². The van der Waals surface area contributed by atoms with Gasteiger partial charge in [0.1, 0.15) is 11.5 Å². The SMILES string of the molecule is CCN(CC)C(=O)Oc1cccc2c(OC(=O)N(CC)CC)cccc12. The highest BCUT2D eigenvalue weighted by molar-refractivity contribution is 5.95. The number of hydrogen-bond acceptors (Lipinski definition) is 4. The third-order valence-corrected chi connectivity index (χ3v) is 4.28. The molecule has 6 nitrogen and oxygen atoms in total. The maximum absolute atomic E-state index is 12.3. The minimum Gasteiger partial charge on any atom is -0.410 e. The van der Waals surface area contributed by atoms with E-state index in [0.29, 0.717) is 37.7 Å². The molecular formula is C20H26N2O4. The van der Waals surface area contributed by atoms with Gasteiger partial charge in [0.15, 0.2) is 0 Å². The molecule has 0 heterocycles. The van der Waals surface area contributed by atoms with Crippen molar-refractivity contribution in [3.8, 4) is 11.5 Å². The van der Waals surface area contributed by atoms with Gasteiger partial charge in [-0.25, -0.2) is 9.59 Å². The van der Waals surface area contributed by atoms with E-state index in [9.17, 15) is 9.59 Å². The summed E-state index contributed by atoms with van der Waals surface area (Å²) in [5.74, 6) is 0.889. The number of carbonyl (C=O) groups excluding carboxylic acids is 2. The first-order chi connectivity index (χ1) is 12.5. The van der Waals surface area contributed by atoms with Crippen LogP contribution >= 0.6 is 0 Å². The summed E-state index contributed by atoms with van der Waals surface area (Å²) < 4.78 is 11.1. The van der Waals surface area contributed by atoms with Crippen molar-refractivity contribution in [3.05, 3.63) is 36.4 Å². The lowest BCUT2D eigenvalue weighted by atomic mass is 10.1. The molecule has 2 amide bonds. The summed E-state index contributed by atoms with van der Waals surface area (Å²) in [5.41, 5.74) is 0. The number of carbonyl (C=O) groups is 2. The molecule has 0 unspecified atom stereocenters. The van der Waals surface area contributed by atoms with Crippen molar-refractivity contribution < 1.29 is 19.1 Å². The molecule has 0 spiro atoms. The number of ether oxygens (including phenoxy) is 2. The molecule has 2 aromatic carbocycles. The van der Waals surface area contributed by atoms with Crippen LogP contribution in [0.5, 0.6) is 11.5 Å². The summed E-state index contributed by atoms with van der Waals surface area (Å²) in [5, 5.41) is 1.44. The first-order valence-corrected chi connectivity index (χ1v) is 9.00. The zero-order chi connectivity index (χ0) is 19.1. The van der Waals surface area contributed by atoms with Crippen molar-refractivity contribution in [2.24, 2.45) is 0 Å². The molecule has 2 aromatic rings. The van der Waals surface area contributed by atoms with Gasteiger partial charge in [-0.3, -0.25) is 0 Å². The van der Waals surface area contributed by atoms with E-state index in [2.05, 4.69) is 0 Å². The average Bonchev–Trinajstić information content (AvgIpc) is 2.64. The van der Waals surface area contributed by atoms with Crippen LogP contribution in [0.3, 0.4) is 0 Å². The molecule has 0 saturated carbocycles. The predicted molar refractivity (Wildman–Crippen MR) is 102 cm³/mol. The second-order valence-electron chi connectivity index (χ2n) is 5.69. The number of rotatable bonds is 6. The molecule has 0 aliphatic heterocycles. The minimum atomic E-state index is -0.395. The van der Waals surface area contributed by atoms with Crippen LogP contribution in [0.1, 0.15) is 27.7 Å². The highest BCUT2D eigenvalue weighted by Crippen LogP contribution is 2.32. The standard InChI is InChI=1S/C20H26N2O4/c1-5-21(6-2)19(23)25-17-13-9-12-16-15(17)11-10-14-18(16)26-20(24)22(7-3)8-4/h9-14H,5-8H2,1-4H3. The molecule has 26 heavy (non-hydrogen) atoms. The lowest BCUT2D eigenvalue weighted by Crippen LogP contribution is -2.33. The first-order valence-electron chi connectivity index (χ1n) is 9.00. The average molecular weight is 358 g/mol. The summed E-state index contributed by atoms with van der Waals surface area (Å²) >= 11 is 0. The summed E-state index contributed by atoms with van der Waals surface area (Å²) in [4.78, 5) is 27.7.